The molecule has 0 fully saturated rings. The molecule has 2 heterocycles. The van der Waals surface area contributed by atoms with Gasteiger partial charge in [0.15, 0.2) is 0 Å². The topological polar surface area (TPSA) is 74.6 Å². The molecule has 0 aliphatic heterocycles. The molecule has 38 heavy (non-hydrogen) atoms. The number of rotatable bonds is 6. The van der Waals surface area contributed by atoms with Gasteiger partial charge in [0.2, 0.25) is 10.3 Å². The second kappa shape index (κ2) is 9.66. The predicted molar refractivity (Wildman–Crippen MR) is 163 cm³/mol. The van der Waals surface area contributed by atoms with Gasteiger partial charge in [-0.2, -0.15) is 10.2 Å². The third-order valence-corrected chi connectivity index (χ3v) is 8.19. The summed E-state index contributed by atoms with van der Waals surface area (Å²) in [5.41, 5.74) is 10.3. The van der Waals surface area contributed by atoms with Crippen LogP contribution in [0.15, 0.2) is 107 Å². The van der Waals surface area contributed by atoms with Gasteiger partial charge in [-0.15, -0.1) is 0 Å². The van der Waals surface area contributed by atoms with Gasteiger partial charge >= 0.3 is 0 Å². The average Bonchev–Trinajstić information content (AvgIpc) is 3.57. The Morgan fingerprint density at radius 1 is 0.500 bits per heavy atom. The lowest BCUT2D eigenvalue weighted by molar-refractivity contribution is 1.31. The van der Waals surface area contributed by atoms with Crippen molar-refractivity contribution in [1.29, 1.82) is 0 Å². The Kier molecular flexibility index (Phi) is 5.73. The number of thiazole rings is 2. The number of nitrogens with zero attached hydrogens (tertiary/aromatic N) is 4. The molecule has 0 atom stereocenters. The molecule has 2 N–H and O–H groups in total. The van der Waals surface area contributed by atoms with Gasteiger partial charge in [0.25, 0.3) is 0 Å². The first-order valence-corrected chi connectivity index (χ1v) is 13.7. The van der Waals surface area contributed by atoms with Crippen molar-refractivity contribution in [3.05, 3.63) is 108 Å². The number of para-hydroxylation sites is 2. The number of fused-ring (bicyclic) bond motifs is 4. The summed E-state index contributed by atoms with van der Waals surface area (Å²) in [6.07, 6.45) is 3.77. The second-order valence-electron chi connectivity index (χ2n) is 8.63. The average molecular weight is 529 g/mol. The van der Waals surface area contributed by atoms with Crippen molar-refractivity contribution in [2.45, 2.75) is 0 Å². The molecule has 7 aromatic rings. The Morgan fingerprint density at radius 3 is 1.26 bits per heavy atom. The standard InChI is InChI=1S/C30H20N6S2/c1-2-10-20-19(9-1)23(17-31-35-29-33-25-13-5-7-15-27(25)37-29)21-11-3-4-12-22(21)24(20)18-32-36-30-34-26-14-6-8-16-28(26)38-30/h1-18H,(H,33,35)(H,34,36)/b31-17+,32-18+. The minimum Gasteiger partial charge on any atom is -0.253 e. The molecule has 0 aliphatic rings. The zero-order valence-corrected chi connectivity index (χ0v) is 21.6. The van der Waals surface area contributed by atoms with Crippen LogP contribution in [-0.2, 0) is 0 Å². The molecule has 6 nitrogen and oxygen atoms in total. The van der Waals surface area contributed by atoms with Crippen LogP contribution in [0.2, 0.25) is 0 Å². The molecule has 2 aromatic heterocycles. The first kappa shape index (κ1) is 22.5. The normalized spacial score (nSPS) is 12.0. The fraction of sp³-hybridized carbons (Fsp3) is 0. The highest BCUT2D eigenvalue weighted by atomic mass is 32.1. The van der Waals surface area contributed by atoms with Crippen molar-refractivity contribution in [2.75, 3.05) is 10.9 Å². The van der Waals surface area contributed by atoms with Gasteiger partial charge in [-0.1, -0.05) is 95.5 Å². The maximum absolute atomic E-state index is 4.62. The lowest BCUT2D eigenvalue weighted by atomic mass is 9.92. The number of benzene rings is 5. The van der Waals surface area contributed by atoms with Gasteiger partial charge in [0, 0.05) is 11.1 Å². The van der Waals surface area contributed by atoms with Crippen LogP contribution < -0.4 is 10.9 Å². The van der Waals surface area contributed by atoms with Crippen LogP contribution in [0.25, 0.3) is 42.0 Å². The van der Waals surface area contributed by atoms with Crippen molar-refractivity contribution in [2.24, 2.45) is 10.2 Å². The Labute approximate surface area is 226 Å². The molecule has 0 amide bonds. The van der Waals surface area contributed by atoms with Crippen LogP contribution >= 0.6 is 22.7 Å². The van der Waals surface area contributed by atoms with Gasteiger partial charge in [0.1, 0.15) is 0 Å². The van der Waals surface area contributed by atoms with Crippen LogP contribution in [0.3, 0.4) is 0 Å². The number of hydrogen-bond acceptors (Lipinski definition) is 8. The molecule has 0 aliphatic carbocycles. The number of aromatic nitrogens is 2. The molecule has 5 aromatic carbocycles. The van der Waals surface area contributed by atoms with Crippen molar-refractivity contribution < 1.29 is 0 Å². The molecule has 0 saturated heterocycles. The van der Waals surface area contributed by atoms with E-state index in [1.807, 2.05) is 48.8 Å². The highest BCUT2D eigenvalue weighted by molar-refractivity contribution is 7.22. The van der Waals surface area contributed by atoms with E-state index in [4.69, 9.17) is 0 Å². The summed E-state index contributed by atoms with van der Waals surface area (Å²) >= 11 is 3.17. The van der Waals surface area contributed by atoms with E-state index >= 15 is 0 Å². The maximum Gasteiger partial charge on any atom is 0.204 e. The van der Waals surface area contributed by atoms with E-state index in [1.54, 1.807) is 22.7 Å². The van der Waals surface area contributed by atoms with Crippen molar-refractivity contribution in [3.63, 3.8) is 0 Å². The Hall–Kier alpha value is -4.66. The largest absolute Gasteiger partial charge is 0.253 e. The Bertz CT molecular complexity index is 1740. The third kappa shape index (κ3) is 4.15. The van der Waals surface area contributed by atoms with Crippen LogP contribution in [0, 0.1) is 0 Å². The highest BCUT2D eigenvalue weighted by Crippen LogP contribution is 2.32. The predicted octanol–water partition coefficient (Wildman–Crippen LogP) is 8.10. The summed E-state index contributed by atoms with van der Waals surface area (Å²) in [6, 6.07) is 32.9. The molecule has 0 saturated carbocycles. The maximum atomic E-state index is 4.62. The summed E-state index contributed by atoms with van der Waals surface area (Å²) in [5, 5.41) is 15.1. The van der Waals surface area contributed by atoms with Gasteiger partial charge in [0.05, 0.1) is 32.9 Å². The molecule has 0 bridgehead atoms. The summed E-state index contributed by atoms with van der Waals surface area (Å²) in [6.45, 7) is 0. The fourth-order valence-corrected chi connectivity index (χ4v) is 6.25. The first-order valence-electron chi connectivity index (χ1n) is 12.1. The van der Waals surface area contributed by atoms with Gasteiger partial charge in [-0.05, 0) is 45.8 Å². The van der Waals surface area contributed by atoms with Crippen molar-refractivity contribution >= 4 is 87.3 Å². The molecule has 182 valence electrons. The van der Waals surface area contributed by atoms with Crippen molar-refractivity contribution in [3.8, 4) is 0 Å². The van der Waals surface area contributed by atoms with E-state index in [-0.39, 0.29) is 0 Å². The van der Waals surface area contributed by atoms with Crippen LogP contribution in [0.4, 0.5) is 10.3 Å². The van der Waals surface area contributed by atoms with E-state index in [9.17, 15) is 0 Å². The van der Waals surface area contributed by atoms with Crippen LogP contribution in [-0.4, -0.2) is 22.4 Å². The van der Waals surface area contributed by atoms with Crippen molar-refractivity contribution in [1.82, 2.24) is 9.97 Å². The van der Waals surface area contributed by atoms with E-state index in [0.29, 0.717) is 0 Å². The quantitative estimate of drug-likeness (QED) is 0.130. The summed E-state index contributed by atoms with van der Waals surface area (Å²) in [5.74, 6) is 0. The summed E-state index contributed by atoms with van der Waals surface area (Å²) in [7, 11) is 0. The van der Waals surface area contributed by atoms with E-state index in [2.05, 4.69) is 91.7 Å². The van der Waals surface area contributed by atoms with Gasteiger partial charge in [-0.3, -0.25) is 10.9 Å². The van der Waals surface area contributed by atoms with Crippen LogP contribution in [0.5, 0.6) is 0 Å². The number of nitrogens with one attached hydrogen (secondary N) is 2. The number of hydrogen-bond donors (Lipinski definition) is 2. The minimum absolute atomic E-state index is 0.765. The van der Waals surface area contributed by atoms with E-state index in [0.717, 1.165) is 63.4 Å². The molecule has 0 unspecified atom stereocenters. The third-order valence-electron chi connectivity index (χ3n) is 6.31. The number of hydrazone groups is 2. The Balaban J connectivity index is 1.26. The molecule has 7 rings (SSSR count). The lowest BCUT2D eigenvalue weighted by Gasteiger charge is -2.12. The Morgan fingerprint density at radius 2 is 0.868 bits per heavy atom. The second-order valence-corrected chi connectivity index (χ2v) is 10.7. The highest BCUT2D eigenvalue weighted by Gasteiger charge is 2.12. The van der Waals surface area contributed by atoms with Crippen LogP contribution in [0.1, 0.15) is 11.1 Å². The molecule has 0 radical (unpaired) electrons. The zero-order valence-electron chi connectivity index (χ0n) is 20.0. The monoisotopic (exact) mass is 528 g/mol. The van der Waals surface area contributed by atoms with E-state index in [1.165, 1.54) is 0 Å². The minimum atomic E-state index is 0.765. The SMILES string of the molecule is C(=N\Nc1nc2ccccc2s1)/c1c2ccccc2c(/C=N/Nc2nc3ccccc3s2)c2ccccc12. The fourth-order valence-electron chi connectivity index (χ4n) is 4.62. The lowest BCUT2D eigenvalue weighted by Crippen LogP contribution is -1.97. The zero-order chi connectivity index (χ0) is 25.3. The van der Waals surface area contributed by atoms with E-state index < -0.39 is 0 Å². The first-order chi connectivity index (χ1) is 18.8. The van der Waals surface area contributed by atoms with Gasteiger partial charge < -0.3 is 0 Å². The molecule has 0 spiro atoms. The summed E-state index contributed by atoms with van der Waals surface area (Å²) in [4.78, 5) is 9.24. The molecule has 8 heteroatoms. The smallest absolute Gasteiger partial charge is 0.204 e. The number of anilines is 2. The molecular formula is C30H20N6S2. The summed E-state index contributed by atoms with van der Waals surface area (Å²) < 4.78 is 2.26. The van der Waals surface area contributed by atoms with Gasteiger partial charge in [-0.25, -0.2) is 9.97 Å². The molecular weight excluding hydrogens is 509 g/mol.